The average Bonchev–Trinajstić information content (AvgIpc) is 3.04. The van der Waals surface area contributed by atoms with Gasteiger partial charge in [0.2, 0.25) is 0 Å². The number of pyridine rings is 1. The lowest BCUT2D eigenvalue weighted by molar-refractivity contribution is 0.103. The molecule has 0 amide bonds. The zero-order valence-electron chi connectivity index (χ0n) is 9.93. The lowest BCUT2D eigenvalue weighted by Crippen LogP contribution is -2.01. The van der Waals surface area contributed by atoms with Crippen molar-refractivity contribution in [3.63, 3.8) is 0 Å². The summed E-state index contributed by atoms with van der Waals surface area (Å²) in [6.45, 7) is 1.96. The number of carbonyl (C=O) groups excluding carboxylic acids is 1. The van der Waals surface area contributed by atoms with E-state index in [1.807, 2.05) is 13.0 Å². The lowest BCUT2D eigenvalue weighted by Gasteiger charge is -1.98. The first-order valence-electron chi connectivity index (χ1n) is 5.83. The largest absolute Gasteiger partial charge is 0.469 e. The maximum atomic E-state index is 12.5. The standard InChI is InChI=1S/C14H12N2O2/c1-2-13-9(4-6-18-13)14(17)11-8-16-12-3-5-15-7-10(11)12/h3-8,16H,2H2,1H3. The number of rotatable bonds is 3. The van der Waals surface area contributed by atoms with E-state index in [-0.39, 0.29) is 5.78 Å². The van der Waals surface area contributed by atoms with Gasteiger partial charge in [-0.25, -0.2) is 0 Å². The number of hydrogen-bond acceptors (Lipinski definition) is 3. The van der Waals surface area contributed by atoms with Crippen LogP contribution in [0.25, 0.3) is 10.9 Å². The fourth-order valence-corrected chi connectivity index (χ4v) is 2.11. The molecule has 3 heterocycles. The summed E-state index contributed by atoms with van der Waals surface area (Å²) >= 11 is 0. The van der Waals surface area contributed by atoms with Gasteiger partial charge in [0, 0.05) is 41.5 Å². The van der Waals surface area contributed by atoms with Gasteiger partial charge in [0.1, 0.15) is 5.76 Å². The van der Waals surface area contributed by atoms with Crippen LogP contribution in [0.5, 0.6) is 0 Å². The number of aryl methyl sites for hydroxylation is 1. The summed E-state index contributed by atoms with van der Waals surface area (Å²) in [5.74, 6) is 0.693. The number of ketones is 1. The Morgan fingerprint density at radius 2 is 2.28 bits per heavy atom. The van der Waals surface area contributed by atoms with E-state index < -0.39 is 0 Å². The molecule has 0 saturated carbocycles. The Bertz CT molecular complexity index is 709. The summed E-state index contributed by atoms with van der Waals surface area (Å²) in [4.78, 5) is 19.6. The van der Waals surface area contributed by atoms with E-state index in [1.165, 1.54) is 0 Å². The molecule has 3 rings (SSSR count). The van der Waals surface area contributed by atoms with E-state index in [0.29, 0.717) is 17.5 Å². The first-order valence-corrected chi connectivity index (χ1v) is 5.83. The van der Waals surface area contributed by atoms with Crippen LogP contribution in [0, 0.1) is 0 Å². The number of nitrogens with one attached hydrogen (secondary N) is 1. The lowest BCUT2D eigenvalue weighted by atomic mass is 10.0. The molecular formula is C14H12N2O2. The molecule has 0 aliphatic carbocycles. The Balaban J connectivity index is 2.13. The topological polar surface area (TPSA) is 58.9 Å². The highest BCUT2D eigenvalue weighted by Gasteiger charge is 2.18. The molecule has 0 radical (unpaired) electrons. The predicted octanol–water partition coefficient (Wildman–Crippen LogP) is 2.95. The predicted molar refractivity (Wildman–Crippen MR) is 67.6 cm³/mol. The van der Waals surface area contributed by atoms with Crippen molar-refractivity contribution in [2.45, 2.75) is 13.3 Å². The van der Waals surface area contributed by atoms with Crippen LogP contribution in [-0.2, 0) is 6.42 Å². The van der Waals surface area contributed by atoms with Gasteiger partial charge >= 0.3 is 0 Å². The minimum atomic E-state index is -0.0279. The highest BCUT2D eigenvalue weighted by Crippen LogP contribution is 2.22. The van der Waals surface area contributed by atoms with Crippen LogP contribution in [0.15, 0.2) is 41.4 Å². The van der Waals surface area contributed by atoms with Crippen LogP contribution in [0.2, 0.25) is 0 Å². The van der Waals surface area contributed by atoms with Crippen molar-refractivity contribution in [3.05, 3.63) is 53.9 Å². The number of aromatic nitrogens is 2. The first-order chi connectivity index (χ1) is 8.81. The van der Waals surface area contributed by atoms with Crippen molar-refractivity contribution in [2.24, 2.45) is 0 Å². The molecule has 0 aliphatic heterocycles. The summed E-state index contributed by atoms with van der Waals surface area (Å²) in [7, 11) is 0. The third-order valence-electron chi connectivity index (χ3n) is 3.04. The zero-order valence-corrected chi connectivity index (χ0v) is 9.93. The van der Waals surface area contributed by atoms with E-state index in [1.54, 1.807) is 30.9 Å². The molecule has 3 aromatic heterocycles. The Morgan fingerprint density at radius 1 is 1.39 bits per heavy atom. The van der Waals surface area contributed by atoms with Crippen molar-refractivity contribution in [1.82, 2.24) is 9.97 Å². The van der Waals surface area contributed by atoms with Crippen LogP contribution in [0.3, 0.4) is 0 Å². The van der Waals surface area contributed by atoms with Gasteiger partial charge < -0.3 is 9.40 Å². The summed E-state index contributed by atoms with van der Waals surface area (Å²) in [5, 5.41) is 0.839. The molecule has 90 valence electrons. The van der Waals surface area contributed by atoms with E-state index in [9.17, 15) is 4.79 Å². The van der Waals surface area contributed by atoms with E-state index in [2.05, 4.69) is 9.97 Å². The highest BCUT2D eigenvalue weighted by atomic mass is 16.3. The van der Waals surface area contributed by atoms with Gasteiger partial charge in [-0.15, -0.1) is 0 Å². The van der Waals surface area contributed by atoms with E-state index in [0.717, 1.165) is 16.7 Å². The van der Waals surface area contributed by atoms with Gasteiger partial charge in [-0.05, 0) is 12.1 Å². The number of aromatic amines is 1. The molecule has 0 unspecified atom stereocenters. The van der Waals surface area contributed by atoms with Gasteiger partial charge in [-0.1, -0.05) is 6.92 Å². The average molecular weight is 240 g/mol. The van der Waals surface area contributed by atoms with Crippen LogP contribution < -0.4 is 0 Å². The van der Waals surface area contributed by atoms with Crippen LogP contribution >= 0.6 is 0 Å². The van der Waals surface area contributed by atoms with Crippen molar-refractivity contribution >= 4 is 16.7 Å². The van der Waals surface area contributed by atoms with Gasteiger partial charge in [0.15, 0.2) is 5.78 Å². The molecule has 0 atom stereocenters. The van der Waals surface area contributed by atoms with Gasteiger partial charge in [-0.3, -0.25) is 9.78 Å². The molecule has 0 fully saturated rings. The number of fused-ring (bicyclic) bond motifs is 1. The van der Waals surface area contributed by atoms with Crippen LogP contribution in [-0.4, -0.2) is 15.8 Å². The molecule has 1 N–H and O–H groups in total. The monoisotopic (exact) mass is 240 g/mol. The first kappa shape index (κ1) is 10.8. The maximum absolute atomic E-state index is 12.5. The van der Waals surface area contributed by atoms with Crippen LogP contribution in [0.4, 0.5) is 0 Å². The second-order valence-electron chi connectivity index (χ2n) is 4.06. The Labute approximate surface area is 104 Å². The molecule has 3 aromatic rings. The van der Waals surface area contributed by atoms with Gasteiger partial charge in [0.25, 0.3) is 0 Å². The van der Waals surface area contributed by atoms with Crippen molar-refractivity contribution in [3.8, 4) is 0 Å². The van der Waals surface area contributed by atoms with Crippen LogP contribution in [0.1, 0.15) is 28.6 Å². The summed E-state index contributed by atoms with van der Waals surface area (Å²) < 4.78 is 5.30. The number of hydrogen-bond donors (Lipinski definition) is 1. The molecule has 4 nitrogen and oxygen atoms in total. The Hall–Kier alpha value is -2.36. The summed E-state index contributed by atoms with van der Waals surface area (Å²) in [6.07, 6.45) is 7.38. The van der Waals surface area contributed by atoms with Crippen molar-refractivity contribution in [1.29, 1.82) is 0 Å². The molecule has 0 saturated heterocycles. The maximum Gasteiger partial charge on any atom is 0.198 e. The fraction of sp³-hybridized carbons (Fsp3) is 0.143. The molecule has 4 heteroatoms. The van der Waals surface area contributed by atoms with Gasteiger partial charge in [-0.2, -0.15) is 0 Å². The van der Waals surface area contributed by atoms with Crippen molar-refractivity contribution in [2.75, 3.05) is 0 Å². The van der Waals surface area contributed by atoms with Gasteiger partial charge in [0.05, 0.1) is 11.8 Å². The molecule has 0 aromatic carbocycles. The molecule has 0 spiro atoms. The Morgan fingerprint density at radius 3 is 3.11 bits per heavy atom. The van der Waals surface area contributed by atoms with E-state index >= 15 is 0 Å². The second-order valence-corrected chi connectivity index (χ2v) is 4.06. The number of carbonyl (C=O) groups is 1. The minimum absolute atomic E-state index is 0.0279. The number of furan rings is 1. The normalized spacial score (nSPS) is 10.9. The number of H-pyrrole nitrogens is 1. The fourth-order valence-electron chi connectivity index (χ4n) is 2.11. The Kier molecular flexibility index (Phi) is 2.48. The summed E-state index contributed by atoms with van der Waals surface area (Å²) in [6, 6.07) is 3.57. The number of nitrogens with zero attached hydrogens (tertiary/aromatic N) is 1. The quantitative estimate of drug-likeness (QED) is 0.716. The SMILES string of the molecule is CCc1occc1C(=O)c1c[nH]c2ccncc12. The second kappa shape index (κ2) is 4.14. The molecular weight excluding hydrogens is 228 g/mol. The molecule has 18 heavy (non-hydrogen) atoms. The van der Waals surface area contributed by atoms with E-state index in [4.69, 9.17) is 4.42 Å². The zero-order chi connectivity index (χ0) is 12.5. The minimum Gasteiger partial charge on any atom is -0.469 e. The molecule has 0 aliphatic rings. The third-order valence-corrected chi connectivity index (χ3v) is 3.04. The highest BCUT2D eigenvalue weighted by molar-refractivity contribution is 6.16. The third kappa shape index (κ3) is 1.54. The summed E-state index contributed by atoms with van der Waals surface area (Å²) in [5.41, 5.74) is 2.17. The smallest absolute Gasteiger partial charge is 0.198 e. The van der Waals surface area contributed by atoms with Crippen molar-refractivity contribution < 1.29 is 9.21 Å². The molecule has 0 bridgehead atoms.